The highest BCUT2D eigenvalue weighted by Gasteiger charge is 2.28. The smallest absolute Gasteiger partial charge is 0.332 e. The number of ketones is 1. The third-order valence-electron chi connectivity index (χ3n) is 5.40. The molecule has 0 aromatic heterocycles. The summed E-state index contributed by atoms with van der Waals surface area (Å²) in [5, 5.41) is 0. The van der Waals surface area contributed by atoms with Crippen molar-refractivity contribution in [1.29, 1.82) is 0 Å². The molecule has 0 amide bonds. The Labute approximate surface area is 235 Å². The van der Waals surface area contributed by atoms with Crippen molar-refractivity contribution in [2.24, 2.45) is 5.92 Å². The van der Waals surface area contributed by atoms with Crippen LogP contribution in [0.3, 0.4) is 0 Å². The summed E-state index contributed by atoms with van der Waals surface area (Å²) in [7, 11) is 1.25. The Balaban J connectivity index is 1.69. The van der Waals surface area contributed by atoms with Gasteiger partial charge in [0, 0.05) is 11.1 Å². The van der Waals surface area contributed by atoms with Crippen molar-refractivity contribution in [1.82, 2.24) is 0 Å². The Morgan fingerprint density at radius 3 is 2.12 bits per heavy atom. The first-order valence-corrected chi connectivity index (χ1v) is 13.0. The van der Waals surface area contributed by atoms with E-state index in [1.165, 1.54) is 19.2 Å². The number of carbonyl (C=O) groups excluding carboxylic acids is 3. The molecule has 0 saturated carbocycles. The van der Waals surface area contributed by atoms with Gasteiger partial charge in [0.1, 0.15) is 30.5 Å². The molecule has 0 N–H and O–H groups in total. The Morgan fingerprint density at radius 2 is 1.50 bits per heavy atom. The lowest BCUT2D eigenvalue weighted by molar-refractivity contribution is -0.160. The zero-order chi connectivity index (χ0) is 29.4. The summed E-state index contributed by atoms with van der Waals surface area (Å²) in [5.74, 6) is 3.19. The van der Waals surface area contributed by atoms with Gasteiger partial charge in [-0.2, -0.15) is 0 Å². The molecule has 0 saturated heterocycles. The molecule has 0 bridgehead atoms. The Kier molecular flexibility index (Phi) is 14.0. The minimum atomic E-state index is -0.959. The molecule has 40 heavy (non-hydrogen) atoms. The topological polar surface area (TPSA) is 97.4 Å². The Hall–Kier alpha value is -3.58. The first kappa shape index (κ1) is 32.6. The highest BCUT2D eigenvalue weighted by atomic mass is 19.1. The maximum absolute atomic E-state index is 13.1. The largest absolute Gasteiger partial charge is 0.468 e. The maximum Gasteiger partial charge on any atom is 0.332 e. The number of esters is 2. The number of Topliss-reactive ketones (excluding diaryl/α,β-unsaturated/α-hetero) is 1. The molecule has 8 nitrogen and oxygen atoms in total. The summed E-state index contributed by atoms with van der Waals surface area (Å²) in [5.41, 5.74) is 1.36. The van der Waals surface area contributed by atoms with Gasteiger partial charge < -0.3 is 23.7 Å². The zero-order valence-corrected chi connectivity index (χ0v) is 23.5. The monoisotopic (exact) mass is 556 g/mol. The van der Waals surface area contributed by atoms with Gasteiger partial charge in [-0.3, -0.25) is 9.59 Å². The lowest BCUT2D eigenvalue weighted by Crippen LogP contribution is -2.27. The van der Waals surface area contributed by atoms with Crippen molar-refractivity contribution in [3.8, 4) is 11.8 Å². The molecular weight excluding hydrogens is 519 g/mol. The number of methoxy groups -OCH3 is 1. The minimum absolute atomic E-state index is 0.120. The van der Waals surface area contributed by atoms with Crippen LogP contribution in [-0.4, -0.2) is 70.1 Å². The predicted molar refractivity (Wildman–Crippen MR) is 146 cm³/mol. The normalized spacial score (nSPS) is 11.7. The second kappa shape index (κ2) is 17.2. The number of hydrogen-bond donors (Lipinski definition) is 0. The summed E-state index contributed by atoms with van der Waals surface area (Å²) in [6.07, 6.45) is 0.682. The third kappa shape index (κ3) is 13.0. The molecule has 0 fully saturated rings. The Bertz CT molecular complexity index is 1140. The highest BCUT2D eigenvalue weighted by molar-refractivity contribution is 6.08. The number of rotatable bonds is 15. The molecule has 2 aromatic rings. The van der Waals surface area contributed by atoms with Gasteiger partial charge in [-0.15, -0.1) is 0 Å². The quantitative estimate of drug-likeness (QED) is 0.106. The van der Waals surface area contributed by atoms with Crippen LogP contribution in [0, 0.1) is 23.6 Å². The summed E-state index contributed by atoms with van der Waals surface area (Å²) >= 11 is 0. The molecule has 0 aliphatic rings. The van der Waals surface area contributed by atoms with Gasteiger partial charge >= 0.3 is 11.9 Å². The van der Waals surface area contributed by atoms with Gasteiger partial charge in [-0.25, -0.2) is 9.18 Å². The van der Waals surface area contributed by atoms with Crippen LogP contribution in [0.4, 0.5) is 4.39 Å². The van der Waals surface area contributed by atoms with E-state index < -0.39 is 23.5 Å². The molecule has 0 radical (unpaired) electrons. The lowest BCUT2D eigenvalue weighted by Gasteiger charge is -2.19. The summed E-state index contributed by atoms with van der Waals surface area (Å²) in [6.45, 7) is 6.76. The van der Waals surface area contributed by atoms with Crippen LogP contribution in [-0.2, 0) is 39.7 Å². The average molecular weight is 557 g/mol. The van der Waals surface area contributed by atoms with Crippen LogP contribution in [0.15, 0.2) is 48.5 Å². The van der Waals surface area contributed by atoms with Crippen molar-refractivity contribution < 1.29 is 42.5 Å². The second-order valence-corrected chi connectivity index (χ2v) is 9.79. The van der Waals surface area contributed by atoms with Crippen LogP contribution in [0.5, 0.6) is 0 Å². The number of hydrogen-bond acceptors (Lipinski definition) is 8. The minimum Gasteiger partial charge on any atom is -0.468 e. The second-order valence-electron chi connectivity index (χ2n) is 9.79. The van der Waals surface area contributed by atoms with E-state index in [9.17, 15) is 18.8 Å². The van der Waals surface area contributed by atoms with E-state index in [2.05, 4.69) is 11.8 Å². The fourth-order valence-electron chi connectivity index (χ4n) is 3.50. The van der Waals surface area contributed by atoms with Crippen molar-refractivity contribution in [2.45, 2.75) is 39.2 Å². The van der Waals surface area contributed by atoms with Crippen molar-refractivity contribution >= 4 is 17.7 Å². The van der Waals surface area contributed by atoms with Gasteiger partial charge in [-0.05, 0) is 63.4 Å². The van der Waals surface area contributed by atoms with Gasteiger partial charge in [0.25, 0.3) is 0 Å². The standard InChI is InChI=1S/C31H37FO8/c1-31(2,3)40-28(33)22-39-21-20-38-19-18-37-17-5-6-23-7-12-25(13-8-23)29(34)27(30(35)36-4)16-11-24-9-14-26(32)15-10-24/h7-10,12-15,27H,11,16-22H2,1-4H3. The molecule has 0 spiro atoms. The lowest BCUT2D eigenvalue weighted by atomic mass is 9.91. The number of aryl methyl sites for hydroxylation is 1. The summed E-state index contributed by atoms with van der Waals surface area (Å²) < 4.78 is 39.1. The summed E-state index contributed by atoms with van der Waals surface area (Å²) in [6, 6.07) is 12.6. The number of ether oxygens (including phenoxy) is 5. The van der Waals surface area contributed by atoms with Gasteiger partial charge in [0.2, 0.25) is 0 Å². The van der Waals surface area contributed by atoms with E-state index in [0.29, 0.717) is 37.4 Å². The van der Waals surface area contributed by atoms with E-state index in [0.717, 1.165) is 5.56 Å². The molecule has 0 heterocycles. The van der Waals surface area contributed by atoms with E-state index in [1.807, 2.05) is 0 Å². The zero-order valence-electron chi connectivity index (χ0n) is 23.5. The summed E-state index contributed by atoms with van der Waals surface area (Å²) in [4.78, 5) is 36.8. The van der Waals surface area contributed by atoms with E-state index in [1.54, 1.807) is 57.2 Å². The highest BCUT2D eigenvalue weighted by Crippen LogP contribution is 2.18. The number of benzene rings is 2. The van der Waals surface area contributed by atoms with E-state index in [4.69, 9.17) is 23.7 Å². The van der Waals surface area contributed by atoms with Crippen LogP contribution in [0.1, 0.15) is 48.7 Å². The molecule has 0 aliphatic heterocycles. The van der Waals surface area contributed by atoms with Crippen LogP contribution in [0.2, 0.25) is 0 Å². The van der Waals surface area contributed by atoms with Crippen molar-refractivity contribution in [2.75, 3.05) is 46.8 Å². The first-order valence-electron chi connectivity index (χ1n) is 13.0. The number of carbonyl (C=O) groups is 3. The van der Waals surface area contributed by atoms with Crippen molar-refractivity contribution in [3.63, 3.8) is 0 Å². The van der Waals surface area contributed by atoms with E-state index in [-0.39, 0.29) is 37.8 Å². The molecule has 1 unspecified atom stereocenters. The predicted octanol–water partition coefficient (Wildman–Crippen LogP) is 4.17. The van der Waals surface area contributed by atoms with E-state index >= 15 is 0 Å². The maximum atomic E-state index is 13.1. The number of halogens is 1. The van der Waals surface area contributed by atoms with Gasteiger partial charge in [-0.1, -0.05) is 36.1 Å². The molecule has 2 aromatic carbocycles. The molecule has 1 atom stereocenters. The van der Waals surface area contributed by atoms with Crippen molar-refractivity contribution in [3.05, 3.63) is 71.0 Å². The first-order chi connectivity index (χ1) is 19.1. The molecule has 216 valence electrons. The molecule has 2 rings (SSSR count). The molecule has 0 aliphatic carbocycles. The van der Waals surface area contributed by atoms with Gasteiger partial charge in [0.05, 0.1) is 33.5 Å². The average Bonchev–Trinajstić information content (AvgIpc) is 2.91. The molecular formula is C31H37FO8. The van der Waals surface area contributed by atoms with Crippen LogP contribution >= 0.6 is 0 Å². The SMILES string of the molecule is COC(=O)C(CCc1ccc(F)cc1)C(=O)c1ccc(C#CCOCCOCCOCC(=O)OC(C)(C)C)cc1. The van der Waals surface area contributed by atoms with Crippen LogP contribution < -0.4 is 0 Å². The fourth-order valence-corrected chi connectivity index (χ4v) is 3.50. The van der Waals surface area contributed by atoms with Gasteiger partial charge in [0.15, 0.2) is 5.78 Å². The molecule has 9 heteroatoms. The van der Waals surface area contributed by atoms with Crippen LogP contribution in [0.25, 0.3) is 0 Å². The fraction of sp³-hybridized carbons (Fsp3) is 0.452. The Morgan fingerprint density at radius 1 is 0.875 bits per heavy atom. The third-order valence-corrected chi connectivity index (χ3v) is 5.40.